The maximum Gasteiger partial charge on any atom is 0.105 e. The van der Waals surface area contributed by atoms with E-state index in [9.17, 15) is 8.96 Å². The van der Waals surface area contributed by atoms with Gasteiger partial charge >= 0.3 is 0 Å². The normalized spacial score (nSPS) is 9.12. The van der Waals surface area contributed by atoms with Crippen molar-refractivity contribution in [3.8, 4) is 0 Å². The molecule has 0 aliphatic carbocycles. The molecule has 2 rings (SSSR count). The number of nitrogen functional groups attached to an aromatic ring is 1. The lowest BCUT2D eigenvalue weighted by Crippen LogP contribution is -1.93. The molecule has 2 N–H and O–H groups in total. The summed E-state index contributed by atoms with van der Waals surface area (Å²) in [6.45, 7) is 0. The van der Waals surface area contributed by atoms with Crippen molar-refractivity contribution in [1.82, 2.24) is 0 Å². The second-order valence-electron chi connectivity index (χ2n) is 3.09. The van der Waals surface area contributed by atoms with Gasteiger partial charge in [-0.05, 0) is 29.6 Å². The molecule has 0 unspecified atom stereocenters. The quantitative estimate of drug-likeness (QED) is 0.612. The van der Waals surface area contributed by atoms with Crippen molar-refractivity contribution in [1.29, 1.82) is 0 Å². The average molecular weight is 257 g/mol. The van der Waals surface area contributed by atoms with E-state index in [1.807, 2.05) is 12.1 Å². The molecule has 0 saturated heterocycles. The third kappa shape index (κ3) is 4.70. The second kappa shape index (κ2) is 6.70. The van der Waals surface area contributed by atoms with Crippen molar-refractivity contribution in [3.05, 3.63) is 59.6 Å². The van der Waals surface area contributed by atoms with Gasteiger partial charge in [0.2, 0.25) is 0 Å². The van der Waals surface area contributed by atoms with Gasteiger partial charge in [-0.3, -0.25) is 0 Å². The molecule has 0 spiro atoms. The van der Waals surface area contributed by atoms with Gasteiger partial charge in [-0.25, -0.2) is 0 Å². The molecule has 0 aliphatic heterocycles. The lowest BCUT2D eigenvalue weighted by atomic mass is 10.3. The van der Waals surface area contributed by atoms with Crippen LogP contribution in [0.3, 0.4) is 0 Å². The van der Waals surface area contributed by atoms with Gasteiger partial charge in [0.1, 0.15) is 5.69 Å². The largest absolute Gasteiger partial charge is 0.398 e. The van der Waals surface area contributed by atoms with Crippen molar-refractivity contribution >= 4 is 23.0 Å². The minimum absolute atomic E-state index is 0.0856. The Morgan fingerprint density at radius 2 is 1.41 bits per heavy atom. The van der Waals surface area contributed by atoms with Crippen LogP contribution in [0.4, 0.5) is 20.3 Å². The van der Waals surface area contributed by atoms with Gasteiger partial charge in [-0.1, -0.05) is 50.9 Å². The summed E-state index contributed by atoms with van der Waals surface area (Å²) >= 11 is 5.58. The number of halogens is 3. The first-order valence-corrected chi connectivity index (χ1v) is 5.16. The summed E-state index contributed by atoms with van der Waals surface area (Å²) in [4.78, 5) is 0. The Balaban J connectivity index is 0.000000171. The average Bonchev–Trinajstić information content (AvgIpc) is 2.35. The summed E-state index contributed by atoms with van der Waals surface area (Å²) in [5, 5.41) is -0.299. The van der Waals surface area contributed by atoms with E-state index >= 15 is 0 Å². The van der Waals surface area contributed by atoms with Gasteiger partial charge in [-0.15, -0.1) is 0 Å². The summed E-state index contributed by atoms with van der Waals surface area (Å²) in [6.07, 6.45) is 0. The highest BCUT2D eigenvalue weighted by atomic mass is 35.5. The van der Waals surface area contributed by atoms with Crippen LogP contribution >= 0.6 is 11.6 Å². The number of anilines is 2. The zero-order valence-corrected chi connectivity index (χ0v) is 9.61. The van der Waals surface area contributed by atoms with E-state index in [0.717, 1.165) is 0 Å². The monoisotopic (exact) mass is 256 g/mol. The molecule has 0 atom stereocenters. The number of para-hydroxylation sites is 2. The molecule has 0 aromatic heterocycles. The molecule has 0 amide bonds. The van der Waals surface area contributed by atoms with Gasteiger partial charge in [0.25, 0.3) is 0 Å². The van der Waals surface area contributed by atoms with Gasteiger partial charge in [0.15, 0.2) is 0 Å². The second-order valence-corrected chi connectivity index (χ2v) is 3.50. The molecule has 90 valence electrons. The lowest BCUT2D eigenvalue weighted by molar-refractivity contribution is 0.235. The lowest BCUT2D eigenvalue weighted by Gasteiger charge is -1.97. The van der Waals surface area contributed by atoms with Crippen LogP contribution < -0.4 is 11.1 Å². The Labute approximate surface area is 103 Å². The molecule has 2 aromatic carbocycles. The van der Waals surface area contributed by atoms with E-state index in [1.165, 1.54) is 12.1 Å². The van der Waals surface area contributed by atoms with Crippen LogP contribution in [0, 0.1) is 0 Å². The van der Waals surface area contributed by atoms with Crippen LogP contribution in [0.1, 0.15) is 0 Å². The molecule has 2 nitrogen and oxygen atoms in total. The fraction of sp³-hybridized carbons (Fsp3) is 0. The van der Waals surface area contributed by atoms with E-state index in [2.05, 4.69) is 0 Å². The zero-order valence-electron chi connectivity index (χ0n) is 8.85. The maximum atomic E-state index is 11.6. The molecule has 2 aromatic rings. The van der Waals surface area contributed by atoms with E-state index in [0.29, 0.717) is 10.7 Å². The smallest absolute Gasteiger partial charge is 0.105 e. The predicted octanol–water partition coefficient (Wildman–Crippen LogP) is 4.18. The number of hydrogen-bond donors (Lipinski definition) is 1. The van der Waals surface area contributed by atoms with E-state index < -0.39 is 5.34 Å². The van der Waals surface area contributed by atoms with Crippen LogP contribution in [0.15, 0.2) is 54.6 Å². The Bertz CT molecular complexity index is 428. The van der Waals surface area contributed by atoms with Gasteiger partial charge in [-0.2, -0.15) is 0 Å². The van der Waals surface area contributed by atoms with Gasteiger partial charge in [0, 0.05) is 0 Å². The van der Waals surface area contributed by atoms with Crippen LogP contribution in [-0.2, 0) is 0 Å². The standard InChI is InChI=1S/C6H6ClN.C6H5F2N/c7-5-3-1-2-4-6(5)8;7-9(8)6-4-2-1-3-5-6/h1-4H,8H2;1-5H. The Hall–Kier alpha value is -1.81. The van der Waals surface area contributed by atoms with Gasteiger partial charge < -0.3 is 5.73 Å². The summed E-state index contributed by atoms with van der Waals surface area (Å²) in [5.41, 5.74) is 5.94. The number of nitrogens with two attached hydrogens (primary N) is 1. The van der Waals surface area contributed by atoms with Crippen molar-refractivity contribution in [2.24, 2.45) is 0 Å². The van der Waals surface area contributed by atoms with Crippen molar-refractivity contribution in [2.75, 3.05) is 11.1 Å². The van der Waals surface area contributed by atoms with Crippen LogP contribution in [0.5, 0.6) is 0 Å². The first-order valence-electron chi connectivity index (χ1n) is 4.78. The topological polar surface area (TPSA) is 29.3 Å². The molecule has 0 aliphatic rings. The fourth-order valence-electron chi connectivity index (χ4n) is 1.02. The molecule has 17 heavy (non-hydrogen) atoms. The summed E-state index contributed by atoms with van der Waals surface area (Å²) in [5.74, 6) is 0. The zero-order chi connectivity index (χ0) is 12.7. The first kappa shape index (κ1) is 13.3. The molecule has 5 heteroatoms. The third-order valence-corrected chi connectivity index (χ3v) is 2.20. The minimum atomic E-state index is -0.917. The molecule has 0 saturated carbocycles. The van der Waals surface area contributed by atoms with Crippen LogP contribution in [0.25, 0.3) is 0 Å². The minimum Gasteiger partial charge on any atom is -0.398 e. The number of rotatable bonds is 1. The maximum absolute atomic E-state index is 11.6. The number of hydrogen-bond acceptors (Lipinski definition) is 2. The number of nitrogens with zero attached hydrogens (tertiary/aromatic N) is 1. The van der Waals surface area contributed by atoms with E-state index in [1.54, 1.807) is 30.3 Å². The fourth-order valence-corrected chi connectivity index (χ4v) is 1.15. The third-order valence-electron chi connectivity index (χ3n) is 1.86. The van der Waals surface area contributed by atoms with Crippen molar-refractivity contribution in [3.63, 3.8) is 0 Å². The van der Waals surface area contributed by atoms with E-state index in [4.69, 9.17) is 17.3 Å². The van der Waals surface area contributed by atoms with Crippen molar-refractivity contribution in [2.45, 2.75) is 0 Å². The molecule has 0 radical (unpaired) electrons. The molecule has 0 heterocycles. The molecular weight excluding hydrogens is 246 g/mol. The Morgan fingerprint density at radius 3 is 1.76 bits per heavy atom. The van der Waals surface area contributed by atoms with Gasteiger partial charge in [0.05, 0.1) is 10.7 Å². The highest BCUT2D eigenvalue weighted by Crippen LogP contribution is 2.15. The molecule has 0 bridgehead atoms. The van der Waals surface area contributed by atoms with Crippen LogP contribution in [0.2, 0.25) is 5.02 Å². The van der Waals surface area contributed by atoms with E-state index in [-0.39, 0.29) is 5.69 Å². The Kier molecular flexibility index (Phi) is 5.23. The predicted molar refractivity (Wildman–Crippen MR) is 67.0 cm³/mol. The Morgan fingerprint density at radius 1 is 0.882 bits per heavy atom. The summed E-state index contributed by atoms with van der Waals surface area (Å²) < 4.78 is 23.2. The molecule has 0 fully saturated rings. The van der Waals surface area contributed by atoms with Crippen molar-refractivity contribution < 1.29 is 8.96 Å². The SMILES string of the molecule is FN(F)c1ccccc1.Nc1ccccc1Cl. The van der Waals surface area contributed by atoms with Crippen LogP contribution in [-0.4, -0.2) is 0 Å². The first-order chi connectivity index (χ1) is 8.11. The highest BCUT2D eigenvalue weighted by Gasteiger charge is 1.97. The summed E-state index contributed by atoms with van der Waals surface area (Å²) in [6, 6.07) is 14.7. The molecular formula is C12H11ClF2N2. The highest BCUT2D eigenvalue weighted by molar-refractivity contribution is 6.33. The summed E-state index contributed by atoms with van der Waals surface area (Å²) in [7, 11) is 0. The number of benzene rings is 2.